The van der Waals surface area contributed by atoms with Gasteiger partial charge in [-0.05, 0) is 12.7 Å². The lowest BCUT2D eigenvalue weighted by Gasteiger charge is -2.10. The fraction of sp³-hybridized carbons (Fsp3) is 0.636. The first-order valence-corrected chi connectivity index (χ1v) is 8.85. The molecule has 0 amide bonds. The highest BCUT2D eigenvalue weighted by molar-refractivity contribution is 7.99. The Bertz CT molecular complexity index is 476. The van der Waals surface area contributed by atoms with Crippen LogP contribution >= 0.6 is 11.8 Å². The second kappa shape index (κ2) is 7.66. The summed E-state index contributed by atoms with van der Waals surface area (Å²) in [6.07, 6.45) is 5.53. The highest BCUT2D eigenvalue weighted by Gasteiger charge is 2.15. The molecule has 0 aliphatic carbocycles. The van der Waals surface area contributed by atoms with Crippen LogP contribution in [-0.2, 0) is 10.0 Å². The summed E-state index contributed by atoms with van der Waals surface area (Å²) in [4.78, 5) is 8.05. The van der Waals surface area contributed by atoms with Gasteiger partial charge in [0.15, 0.2) is 0 Å². The first-order chi connectivity index (χ1) is 8.99. The van der Waals surface area contributed by atoms with Crippen molar-refractivity contribution in [3.05, 3.63) is 12.4 Å². The van der Waals surface area contributed by atoms with Crippen LogP contribution in [0.25, 0.3) is 0 Å². The molecule has 19 heavy (non-hydrogen) atoms. The van der Waals surface area contributed by atoms with Gasteiger partial charge in [-0.15, -0.1) is 0 Å². The summed E-state index contributed by atoms with van der Waals surface area (Å²) < 4.78 is 26.5. The van der Waals surface area contributed by atoms with Crippen LogP contribution in [0.15, 0.2) is 17.3 Å². The van der Waals surface area contributed by atoms with Gasteiger partial charge < -0.3 is 5.32 Å². The molecular formula is C11H20N4O2S2. The first kappa shape index (κ1) is 16.2. The average Bonchev–Trinajstić information content (AvgIpc) is 2.43. The number of rotatable bonds is 8. The highest BCUT2D eigenvalue weighted by atomic mass is 32.2. The van der Waals surface area contributed by atoms with Gasteiger partial charge in [0.1, 0.15) is 4.90 Å². The van der Waals surface area contributed by atoms with E-state index in [9.17, 15) is 8.42 Å². The van der Waals surface area contributed by atoms with E-state index in [1.807, 2.05) is 20.1 Å². The fourth-order valence-corrected chi connectivity index (χ4v) is 2.55. The number of nitrogens with zero attached hydrogens (tertiary/aromatic N) is 2. The lowest BCUT2D eigenvalue weighted by atomic mass is 10.5. The van der Waals surface area contributed by atoms with E-state index in [2.05, 4.69) is 20.0 Å². The number of sulfonamides is 1. The molecule has 1 aromatic rings. The molecule has 8 heteroatoms. The van der Waals surface area contributed by atoms with Crippen molar-refractivity contribution in [3.63, 3.8) is 0 Å². The largest absolute Gasteiger partial charge is 0.354 e. The van der Waals surface area contributed by atoms with E-state index in [1.165, 1.54) is 12.4 Å². The number of nitrogens with one attached hydrogen (secondary N) is 2. The number of hydrogen-bond acceptors (Lipinski definition) is 6. The Kier molecular flexibility index (Phi) is 6.53. The molecule has 0 radical (unpaired) electrons. The van der Waals surface area contributed by atoms with E-state index in [1.54, 1.807) is 11.8 Å². The third-order valence-electron chi connectivity index (χ3n) is 2.43. The van der Waals surface area contributed by atoms with Gasteiger partial charge in [-0.25, -0.2) is 23.1 Å². The van der Waals surface area contributed by atoms with Crippen molar-refractivity contribution in [2.24, 2.45) is 0 Å². The molecule has 0 saturated carbocycles. The summed E-state index contributed by atoms with van der Waals surface area (Å²) in [6.45, 7) is 5.14. The van der Waals surface area contributed by atoms with Crippen LogP contribution in [0.5, 0.6) is 0 Å². The standard InChI is InChI=1S/C11H20N4O2S2/c1-4-5-12-11-13-7-10(8-14-11)19(16,17)15-6-9(2)18-3/h7-9,15H,4-6H2,1-3H3,(H,12,13,14). The van der Waals surface area contributed by atoms with Crippen molar-refractivity contribution in [3.8, 4) is 0 Å². The quantitative estimate of drug-likeness (QED) is 0.754. The molecule has 0 aliphatic rings. The lowest BCUT2D eigenvalue weighted by molar-refractivity contribution is 0.580. The maximum atomic E-state index is 12.0. The first-order valence-electron chi connectivity index (χ1n) is 6.08. The maximum absolute atomic E-state index is 12.0. The zero-order valence-electron chi connectivity index (χ0n) is 11.4. The Labute approximate surface area is 118 Å². The summed E-state index contributed by atoms with van der Waals surface area (Å²) in [5, 5.41) is 3.21. The van der Waals surface area contributed by atoms with E-state index in [0.29, 0.717) is 12.5 Å². The molecule has 0 bridgehead atoms. The molecule has 0 spiro atoms. The van der Waals surface area contributed by atoms with Crippen molar-refractivity contribution >= 4 is 27.7 Å². The van der Waals surface area contributed by atoms with Gasteiger partial charge in [-0.3, -0.25) is 0 Å². The Balaban J connectivity index is 2.68. The predicted octanol–water partition coefficient (Wildman–Crippen LogP) is 1.33. The summed E-state index contributed by atoms with van der Waals surface area (Å²) in [6, 6.07) is 0. The van der Waals surface area contributed by atoms with E-state index in [-0.39, 0.29) is 10.1 Å². The van der Waals surface area contributed by atoms with Gasteiger partial charge in [0.25, 0.3) is 0 Å². The molecular weight excluding hydrogens is 284 g/mol. The topological polar surface area (TPSA) is 84.0 Å². The molecule has 1 atom stereocenters. The van der Waals surface area contributed by atoms with Crippen LogP contribution in [0.1, 0.15) is 20.3 Å². The summed E-state index contributed by atoms with van der Waals surface area (Å²) in [7, 11) is -3.52. The Morgan fingerprint density at radius 1 is 1.37 bits per heavy atom. The zero-order valence-corrected chi connectivity index (χ0v) is 13.0. The summed E-state index contributed by atoms with van der Waals surface area (Å²) >= 11 is 1.60. The highest BCUT2D eigenvalue weighted by Crippen LogP contribution is 2.09. The predicted molar refractivity (Wildman–Crippen MR) is 79.0 cm³/mol. The number of anilines is 1. The molecule has 108 valence electrons. The van der Waals surface area contributed by atoms with E-state index >= 15 is 0 Å². The van der Waals surface area contributed by atoms with Gasteiger partial charge in [-0.1, -0.05) is 13.8 Å². The average molecular weight is 304 g/mol. The van der Waals surface area contributed by atoms with Crippen molar-refractivity contribution in [1.29, 1.82) is 0 Å². The van der Waals surface area contributed by atoms with Crippen molar-refractivity contribution < 1.29 is 8.42 Å². The minimum atomic E-state index is -3.52. The number of thioether (sulfide) groups is 1. The fourth-order valence-electron chi connectivity index (χ4n) is 1.18. The minimum Gasteiger partial charge on any atom is -0.354 e. The van der Waals surface area contributed by atoms with Crippen molar-refractivity contribution in [2.75, 3.05) is 24.7 Å². The molecule has 0 fully saturated rings. The zero-order chi connectivity index (χ0) is 14.3. The van der Waals surface area contributed by atoms with Crippen LogP contribution in [-0.4, -0.2) is 43.0 Å². The van der Waals surface area contributed by atoms with Crippen LogP contribution in [0, 0.1) is 0 Å². The summed E-state index contributed by atoms with van der Waals surface area (Å²) in [5.74, 6) is 0.443. The van der Waals surface area contributed by atoms with Gasteiger partial charge in [0.05, 0.1) is 12.4 Å². The van der Waals surface area contributed by atoms with E-state index in [0.717, 1.165) is 13.0 Å². The Hall–Kier alpha value is -0.860. The van der Waals surface area contributed by atoms with Crippen LogP contribution in [0.4, 0.5) is 5.95 Å². The molecule has 2 N–H and O–H groups in total. The van der Waals surface area contributed by atoms with E-state index < -0.39 is 10.0 Å². The van der Waals surface area contributed by atoms with Gasteiger partial charge in [-0.2, -0.15) is 11.8 Å². The third-order valence-corrected chi connectivity index (χ3v) is 4.78. The van der Waals surface area contributed by atoms with Crippen molar-refractivity contribution in [2.45, 2.75) is 30.4 Å². The SMILES string of the molecule is CCCNc1ncc(S(=O)(=O)NCC(C)SC)cn1. The number of aromatic nitrogens is 2. The van der Waals surface area contributed by atoms with Crippen LogP contribution in [0.3, 0.4) is 0 Å². The Morgan fingerprint density at radius 2 is 2.00 bits per heavy atom. The summed E-state index contributed by atoms with van der Waals surface area (Å²) in [5.41, 5.74) is 0. The monoisotopic (exact) mass is 304 g/mol. The molecule has 0 aromatic carbocycles. The van der Waals surface area contributed by atoms with Crippen LogP contribution < -0.4 is 10.0 Å². The minimum absolute atomic E-state index is 0.0860. The molecule has 1 unspecified atom stereocenters. The van der Waals surface area contributed by atoms with Gasteiger partial charge in [0, 0.05) is 18.3 Å². The van der Waals surface area contributed by atoms with Crippen LogP contribution in [0.2, 0.25) is 0 Å². The van der Waals surface area contributed by atoms with Crippen molar-refractivity contribution in [1.82, 2.24) is 14.7 Å². The molecule has 1 aromatic heterocycles. The molecule has 0 saturated heterocycles. The second-order valence-electron chi connectivity index (χ2n) is 4.07. The Morgan fingerprint density at radius 3 is 2.53 bits per heavy atom. The molecule has 1 heterocycles. The normalized spacial score (nSPS) is 13.2. The maximum Gasteiger partial charge on any atom is 0.243 e. The smallest absolute Gasteiger partial charge is 0.243 e. The lowest BCUT2D eigenvalue weighted by Crippen LogP contribution is -2.29. The molecule has 0 aliphatic heterocycles. The van der Waals surface area contributed by atoms with Gasteiger partial charge in [0.2, 0.25) is 16.0 Å². The third kappa shape index (κ3) is 5.33. The van der Waals surface area contributed by atoms with Gasteiger partial charge >= 0.3 is 0 Å². The molecule has 1 rings (SSSR count). The van der Waals surface area contributed by atoms with E-state index in [4.69, 9.17) is 0 Å². The number of hydrogen-bond donors (Lipinski definition) is 2. The molecule has 6 nitrogen and oxygen atoms in total. The second-order valence-corrected chi connectivity index (χ2v) is 7.11.